The summed E-state index contributed by atoms with van der Waals surface area (Å²) in [5, 5.41) is 32.5. The fourth-order valence-corrected chi connectivity index (χ4v) is 3.12. The molecule has 0 saturated carbocycles. The van der Waals surface area contributed by atoms with Gasteiger partial charge in [0.25, 0.3) is 0 Å². The molecule has 1 fully saturated rings. The molecule has 8 heteroatoms. The monoisotopic (exact) mass is 297 g/mol. The van der Waals surface area contributed by atoms with Gasteiger partial charge in [0, 0.05) is 9.81 Å². The van der Waals surface area contributed by atoms with Gasteiger partial charge in [0.15, 0.2) is 0 Å². The maximum Gasteiger partial charge on any atom is 0.119 e. The first-order chi connectivity index (χ1) is 9.67. The van der Waals surface area contributed by atoms with Gasteiger partial charge in [-0.2, -0.15) is 0 Å². The van der Waals surface area contributed by atoms with E-state index in [4.69, 9.17) is 10.3 Å². The van der Waals surface area contributed by atoms with E-state index in [0.717, 1.165) is 4.90 Å². The van der Waals surface area contributed by atoms with Crippen LogP contribution >= 0.6 is 11.8 Å². The van der Waals surface area contributed by atoms with Crippen LogP contribution in [0, 0.1) is 0 Å². The van der Waals surface area contributed by atoms with Crippen LogP contribution in [0.25, 0.3) is 10.4 Å². The Balaban J connectivity index is 2.20. The molecule has 1 aliphatic heterocycles. The van der Waals surface area contributed by atoms with Crippen molar-refractivity contribution < 1.29 is 20.1 Å². The zero-order valence-corrected chi connectivity index (χ0v) is 11.3. The van der Waals surface area contributed by atoms with Crippen molar-refractivity contribution in [1.82, 2.24) is 0 Å². The van der Waals surface area contributed by atoms with Crippen LogP contribution in [0.5, 0.6) is 0 Å². The molecule has 7 nitrogen and oxygen atoms in total. The van der Waals surface area contributed by atoms with E-state index in [-0.39, 0.29) is 0 Å². The summed E-state index contributed by atoms with van der Waals surface area (Å²) >= 11 is 1.27. The van der Waals surface area contributed by atoms with Crippen LogP contribution < -0.4 is 0 Å². The van der Waals surface area contributed by atoms with Gasteiger partial charge in [0.05, 0.1) is 12.7 Å². The third kappa shape index (κ3) is 3.24. The average Bonchev–Trinajstić information content (AvgIpc) is 2.47. The molecule has 0 aliphatic carbocycles. The van der Waals surface area contributed by atoms with Gasteiger partial charge in [0.1, 0.15) is 23.7 Å². The molecule has 3 N–H and O–H groups in total. The summed E-state index contributed by atoms with van der Waals surface area (Å²) in [6, 6.07) is 8.35. The van der Waals surface area contributed by atoms with Gasteiger partial charge < -0.3 is 20.1 Å². The topological polar surface area (TPSA) is 119 Å². The zero-order chi connectivity index (χ0) is 14.5. The summed E-state index contributed by atoms with van der Waals surface area (Å²) in [6.07, 6.45) is -3.47. The van der Waals surface area contributed by atoms with Gasteiger partial charge in [-0.05, 0) is 17.7 Å². The number of thioether (sulfide) groups is 1. The van der Waals surface area contributed by atoms with Crippen molar-refractivity contribution in [3.05, 3.63) is 40.8 Å². The Kier molecular flexibility index (Phi) is 5.24. The molecular formula is C12H15N3O4S. The second-order valence-electron chi connectivity index (χ2n) is 4.33. The van der Waals surface area contributed by atoms with Gasteiger partial charge in [-0.3, -0.25) is 0 Å². The van der Waals surface area contributed by atoms with Gasteiger partial charge in [-0.15, -0.1) is 0 Å². The van der Waals surface area contributed by atoms with Crippen molar-refractivity contribution in [2.75, 3.05) is 6.61 Å². The Bertz CT molecular complexity index is 483. The highest BCUT2D eigenvalue weighted by molar-refractivity contribution is 7.99. The van der Waals surface area contributed by atoms with Gasteiger partial charge >= 0.3 is 0 Å². The summed E-state index contributed by atoms with van der Waals surface area (Å²) in [5.41, 5.74) is 7.90. The predicted octanol–water partition coefficient (Wildman–Crippen LogP) is 0.897. The number of azide groups is 1. The summed E-state index contributed by atoms with van der Waals surface area (Å²) in [4.78, 5) is 3.56. The minimum Gasteiger partial charge on any atom is -0.394 e. The van der Waals surface area contributed by atoms with E-state index in [9.17, 15) is 15.3 Å². The van der Waals surface area contributed by atoms with Crippen molar-refractivity contribution in [2.45, 2.75) is 34.7 Å². The van der Waals surface area contributed by atoms with E-state index in [2.05, 4.69) is 10.0 Å². The van der Waals surface area contributed by atoms with Crippen LogP contribution in [-0.4, -0.2) is 51.7 Å². The molecule has 108 valence electrons. The largest absolute Gasteiger partial charge is 0.394 e. The second kappa shape index (κ2) is 6.94. The Morgan fingerprint density at radius 3 is 2.55 bits per heavy atom. The number of ether oxygens (including phenoxy) is 1. The molecule has 0 radical (unpaired) electrons. The normalized spacial score (nSPS) is 33.5. The quantitative estimate of drug-likeness (QED) is 0.433. The third-order valence-electron chi connectivity index (χ3n) is 3.03. The number of nitrogens with zero attached hydrogens (tertiary/aromatic N) is 3. The first-order valence-corrected chi connectivity index (χ1v) is 6.93. The summed E-state index contributed by atoms with van der Waals surface area (Å²) in [6.45, 7) is -0.424. The number of hydrogen-bond donors (Lipinski definition) is 3. The van der Waals surface area contributed by atoms with Gasteiger partial charge in [-0.25, -0.2) is 0 Å². The minimum absolute atomic E-state index is 0.424. The van der Waals surface area contributed by atoms with Gasteiger partial charge in [-0.1, -0.05) is 35.1 Å². The molecule has 0 bridgehead atoms. The molecule has 0 amide bonds. The Morgan fingerprint density at radius 1 is 1.25 bits per heavy atom. The molecule has 20 heavy (non-hydrogen) atoms. The summed E-state index contributed by atoms with van der Waals surface area (Å²) < 4.78 is 5.53. The summed E-state index contributed by atoms with van der Waals surface area (Å²) in [5.74, 6) is 0. The molecule has 1 heterocycles. The maximum absolute atomic E-state index is 10.00. The second-order valence-corrected chi connectivity index (χ2v) is 5.50. The first-order valence-electron chi connectivity index (χ1n) is 6.05. The van der Waals surface area contributed by atoms with Crippen molar-refractivity contribution >= 4 is 11.8 Å². The van der Waals surface area contributed by atoms with Crippen LogP contribution in [0.4, 0.5) is 0 Å². The lowest BCUT2D eigenvalue weighted by atomic mass is 9.99. The Labute approximate surface area is 119 Å². The lowest BCUT2D eigenvalue weighted by Gasteiger charge is -2.40. The molecule has 2 rings (SSSR count). The first kappa shape index (κ1) is 15.1. The highest BCUT2D eigenvalue weighted by atomic mass is 32.2. The lowest BCUT2D eigenvalue weighted by Crippen LogP contribution is -2.56. The van der Waals surface area contributed by atoms with Crippen molar-refractivity contribution in [3.63, 3.8) is 0 Å². The maximum atomic E-state index is 10.00. The molecule has 1 aliphatic rings. The molecule has 1 aromatic rings. The van der Waals surface area contributed by atoms with Crippen LogP contribution in [0.3, 0.4) is 0 Å². The molecular weight excluding hydrogens is 282 g/mol. The van der Waals surface area contributed by atoms with Crippen LogP contribution in [-0.2, 0) is 4.74 Å². The standard InChI is InChI=1S/C12H15N3O4S/c13-15-14-9-11(18)10(17)8(6-16)19-12(9)20-7-4-2-1-3-5-7/h1-5,8-12,16-18H,6H2/t8?,9?,10-,11-,12?/m1/s1. The fourth-order valence-electron chi connectivity index (χ4n) is 1.98. The highest BCUT2D eigenvalue weighted by Crippen LogP contribution is 2.34. The number of aliphatic hydroxyl groups is 3. The van der Waals surface area contributed by atoms with E-state index in [1.807, 2.05) is 30.3 Å². The number of hydrogen-bond acceptors (Lipinski definition) is 6. The third-order valence-corrected chi connectivity index (χ3v) is 4.20. The van der Waals surface area contributed by atoms with E-state index >= 15 is 0 Å². The Morgan fingerprint density at radius 2 is 1.95 bits per heavy atom. The van der Waals surface area contributed by atoms with E-state index < -0.39 is 36.4 Å². The predicted molar refractivity (Wildman–Crippen MR) is 73.0 cm³/mol. The molecule has 5 atom stereocenters. The van der Waals surface area contributed by atoms with Crippen molar-refractivity contribution in [2.24, 2.45) is 5.11 Å². The average molecular weight is 297 g/mol. The van der Waals surface area contributed by atoms with Crippen molar-refractivity contribution in [1.29, 1.82) is 0 Å². The smallest absolute Gasteiger partial charge is 0.119 e. The number of aliphatic hydroxyl groups excluding tert-OH is 3. The lowest BCUT2D eigenvalue weighted by molar-refractivity contribution is -0.165. The SMILES string of the molecule is [N-]=[N+]=NC1C(Sc2ccccc2)OC(CO)[C@@H](O)[C@@H]1O. The Hall–Kier alpha value is -1.28. The molecule has 1 aromatic carbocycles. The molecule has 3 unspecified atom stereocenters. The minimum atomic E-state index is -1.29. The van der Waals surface area contributed by atoms with E-state index in [1.54, 1.807) is 0 Å². The highest BCUT2D eigenvalue weighted by Gasteiger charge is 2.44. The van der Waals surface area contributed by atoms with Crippen LogP contribution in [0.2, 0.25) is 0 Å². The molecule has 1 saturated heterocycles. The zero-order valence-electron chi connectivity index (χ0n) is 10.5. The number of benzene rings is 1. The van der Waals surface area contributed by atoms with E-state index in [1.165, 1.54) is 11.8 Å². The molecule has 0 aromatic heterocycles. The van der Waals surface area contributed by atoms with Crippen LogP contribution in [0.1, 0.15) is 0 Å². The fraction of sp³-hybridized carbons (Fsp3) is 0.500. The summed E-state index contributed by atoms with van der Waals surface area (Å²) in [7, 11) is 0. The van der Waals surface area contributed by atoms with Crippen molar-refractivity contribution in [3.8, 4) is 0 Å². The van der Waals surface area contributed by atoms with Gasteiger partial charge in [0.2, 0.25) is 0 Å². The van der Waals surface area contributed by atoms with E-state index in [0.29, 0.717) is 0 Å². The number of rotatable bonds is 4. The molecule has 0 spiro atoms. The van der Waals surface area contributed by atoms with Crippen LogP contribution in [0.15, 0.2) is 40.3 Å².